The van der Waals surface area contributed by atoms with Crippen molar-refractivity contribution < 1.29 is 0 Å². The van der Waals surface area contributed by atoms with Crippen LogP contribution in [-0.4, -0.2) is 0 Å². The summed E-state index contributed by atoms with van der Waals surface area (Å²) in [7, 11) is 0. The van der Waals surface area contributed by atoms with E-state index in [0.717, 1.165) is 0 Å². The van der Waals surface area contributed by atoms with Gasteiger partial charge in [-0.05, 0) is 131 Å². The van der Waals surface area contributed by atoms with Crippen molar-refractivity contribution in [2.45, 2.75) is 0 Å². The van der Waals surface area contributed by atoms with Gasteiger partial charge in [0.2, 0.25) is 0 Å². The third kappa shape index (κ3) is 4.14. The van der Waals surface area contributed by atoms with Crippen molar-refractivity contribution in [3.63, 3.8) is 0 Å². The number of rotatable bonds is 4. The molecule has 0 unspecified atom stereocenters. The Morgan fingerprint density at radius 3 is 0.897 bits per heavy atom. The molecule has 58 heavy (non-hydrogen) atoms. The zero-order valence-corrected chi connectivity index (χ0v) is 31.6. The summed E-state index contributed by atoms with van der Waals surface area (Å²) in [5, 5.41) is 21.3. The average molecular weight is 731 g/mol. The van der Waals surface area contributed by atoms with Crippen molar-refractivity contribution in [2.24, 2.45) is 0 Å². The minimum absolute atomic E-state index is 1.22. The largest absolute Gasteiger partial charge is 0.0622 e. The van der Waals surface area contributed by atoms with E-state index in [1.807, 2.05) is 0 Å². The van der Waals surface area contributed by atoms with Gasteiger partial charge in [-0.25, -0.2) is 0 Å². The maximum Gasteiger partial charge on any atom is -0.0000702 e. The molecule has 0 aromatic heterocycles. The van der Waals surface area contributed by atoms with Crippen LogP contribution in [0.15, 0.2) is 206 Å². The number of fused-ring (bicyclic) bond motifs is 18. The summed E-state index contributed by atoms with van der Waals surface area (Å²) in [4.78, 5) is 0. The molecule has 266 valence electrons. The Labute approximate surface area is 335 Å². The molecular formula is C58H34. The van der Waals surface area contributed by atoms with E-state index in [1.54, 1.807) is 0 Å². The van der Waals surface area contributed by atoms with Gasteiger partial charge in [0.25, 0.3) is 0 Å². The monoisotopic (exact) mass is 730 g/mol. The van der Waals surface area contributed by atoms with Crippen LogP contribution >= 0.6 is 0 Å². The lowest BCUT2D eigenvalue weighted by atomic mass is 9.73. The molecule has 0 nitrogen and oxygen atoms in total. The topological polar surface area (TPSA) is 0 Å². The zero-order valence-electron chi connectivity index (χ0n) is 31.6. The highest BCUT2D eigenvalue weighted by molar-refractivity contribution is 6.53. The Morgan fingerprint density at radius 2 is 0.414 bits per heavy atom. The summed E-state index contributed by atoms with van der Waals surface area (Å²) >= 11 is 0. The fraction of sp³-hybridized carbons (Fsp3) is 0. The molecule has 0 atom stereocenters. The Hall–Kier alpha value is -7.54. The highest BCUT2D eigenvalue weighted by Crippen LogP contribution is 2.59. The molecule has 0 aliphatic carbocycles. The second kappa shape index (κ2) is 12.0. The summed E-state index contributed by atoms with van der Waals surface area (Å²) in [5.41, 5.74) is 10.0. The molecule has 0 fully saturated rings. The molecule has 0 heteroatoms. The minimum atomic E-state index is 1.22. The predicted octanol–water partition coefficient (Wildman–Crippen LogP) is 16.5. The molecule has 0 aliphatic heterocycles. The van der Waals surface area contributed by atoms with E-state index in [9.17, 15) is 0 Å². The van der Waals surface area contributed by atoms with Crippen LogP contribution in [0.5, 0.6) is 0 Å². The molecule has 0 aliphatic rings. The van der Waals surface area contributed by atoms with Crippen molar-refractivity contribution >= 4 is 86.2 Å². The summed E-state index contributed by atoms with van der Waals surface area (Å²) in [6, 6.07) is 76.7. The van der Waals surface area contributed by atoms with Gasteiger partial charge in [0, 0.05) is 0 Å². The van der Waals surface area contributed by atoms with Crippen LogP contribution < -0.4 is 0 Å². The number of hydrogen-bond donors (Lipinski definition) is 0. The van der Waals surface area contributed by atoms with Gasteiger partial charge in [-0.15, -0.1) is 0 Å². The number of benzene rings is 11. The van der Waals surface area contributed by atoms with Crippen LogP contribution in [0.4, 0.5) is 0 Å². The van der Waals surface area contributed by atoms with E-state index in [-0.39, 0.29) is 0 Å². The third-order valence-electron chi connectivity index (χ3n) is 12.9. The standard InChI is InChI=1S/C58H34/c1-5-19-35(20-6-1)47-41-29-15-16-30-42(41)54-52-43-31-17-18-32-44(43)53(52)56-46-34-33-45-39-27-13-14-28-40(39)51(45)55(46)49(37-23-9-3-10-24-37)50(38-25-11-4-12-26-38)58(56)57(54)48(47)36-21-7-2-8-22-36/h1-34H. The first kappa shape index (κ1) is 31.6. The van der Waals surface area contributed by atoms with Gasteiger partial charge in [0.05, 0.1) is 0 Å². The van der Waals surface area contributed by atoms with Gasteiger partial charge < -0.3 is 0 Å². The highest BCUT2D eigenvalue weighted by atomic mass is 14.3. The van der Waals surface area contributed by atoms with Crippen LogP contribution in [0.1, 0.15) is 0 Å². The molecule has 0 N–H and O–H groups in total. The fourth-order valence-corrected chi connectivity index (χ4v) is 10.6. The molecule has 0 saturated heterocycles. The van der Waals surface area contributed by atoms with Crippen LogP contribution in [0.25, 0.3) is 131 Å². The van der Waals surface area contributed by atoms with Crippen LogP contribution in [-0.2, 0) is 0 Å². The molecular weight excluding hydrogens is 697 g/mol. The molecule has 13 aromatic rings. The van der Waals surface area contributed by atoms with Gasteiger partial charge in [-0.1, -0.05) is 206 Å². The van der Waals surface area contributed by atoms with Crippen molar-refractivity contribution in [3.05, 3.63) is 206 Å². The Balaban J connectivity index is 1.45. The first-order chi connectivity index (χ1) is 28.9. The molecule has 0 amide bonds. The average Bonchev–Trinajstić information content (AvgIpc) is 3.29. The Bertz CT molecular complexity index is 3720. The van der Waals surface area contributed by atoms with E-state index in [4.69, 9.17) is 0 Å². The van der Waals surface area contributed by atoms with Crippen molar-refractivity contribution in [1.29, 1.82) is 0 Å². The molecule has 0 radical (unpaired) electrons. The number of hydrogen-bond acceptors (Lipinski definition) is 0. The SMILES string of the molecule is c1ccc(-c2c(-c3ccccc3)c3c4c(-c5ccccc5)c(-c5ccccc5)c5c(ccc6c7ccccc7c65)c4c4c5ccccc5c4c3c3ccccc23)cc1. The van der Waals surface area contributed by atoms with E-state index < -0.39 is 0 Å². The summed E-state index contributed by atoms with van der Waals surface area (Å²) in [6.45, 7) is 0. The second-order valence-corrected chi connectivity index (χ2v) is 15.8. The zero-order chi connectivity index (χ0) is 37.9. The van der Waals surface area contributed by atoms with Crippen molar-refractivity contribution in [2.75, 3.05) is 0 Å². The molecule has 13 rings (SSSR count). The van der Waals surface area contributed by atoms with E-state index in [1.165, 1.54) is 131 Å². The normalized spacial score (nSPS) is 12.1. The highest BCUT2D eigenvalue weighted by Gasteiger charge is 2.31. The second-order valence-electron chi connectivity index (χ2n) is 15.8. The lowest BCUT2D eigenvalue weighted by Crippen LogP contribution is -2.00. The maximum atomic E-state index is 2.45. The van der Waals surface area contributed by atoms with E-state index >= 15 is 0 Å². The molecule has 0 bridgehead atoms. The van der Waals surface area contributed by atoms with Crippen molar-refractivity contribution in [1.82, 2.24) is 0 Å². The molecule has 13 aromatic carbocycles. The third-order valence-corrected chi connectivity index (χ3v) is 12.9. The van der Waals surface area contributed by atoms with E-state index in [0.29, 0.717) is 0 Å². The lowest BCUT2D eigenvalue weighted by Gasteiger charge is -2.29. The molecule has 0 spiro atoms. The smallest absolute Gasteiger partial charge is 0.0000702 e. The Kier molecular flexibility index (Phi) is 6.54. The minimum Gasteiger partial charge on any atom is -0.0622 e. The summed E-state index contributed by atoms with van der Waals surface area (Å²) < 4.78 is 0. The van der Waals surface area contributed by atoms with Crippen LogP contribution in [0.3, 0.4) is 0 Å². The molecule has 0 saturated carbocycles. The lowest BCUT2D eigenvalue weighted by molar-refractivity contribution is 1.63. The first-order valence-corrected chi connectivity index (χ1v) is 20.3. The first-order valence-electron chi connectivity index (χ1n) is 20.3. The predicted molar refractivity (Wildman–Crippen MR) is 251 cm³/mol. The quantitative estimate of drug-likeness (QED) is 0.158. The van der Waals surface area contributed by atoms with Gasteiger partial charge in [0.1, 0.15) is 0 Å². The van der Waals surface area contributed by atoms with E-state index in [2.05, 4.69) is 206 Å². The molecule has 0 heterocycles. The van der Waals surface area contributed by atoms with Gasteiger partial charge >= 0.3 is 0 Å². The van der Waals surface area contributed by atoms with Gasteiger partial charge in [-0.2, -0.15) is 0 Å². The fourth-order valence-electron chi connectivity index (χ4n) is 10.6. The van der Waals surface area contributed by atoms with Crippen LogP contribution in [0.2, 0.25) is 0 Å². The van der Waals surface area contributed by atoms with Crippen LogP contribution in [0, 0.1) is 0 Å². The Morgan fingerprint density at radius 1 is 0.138 bits per heavy atom. The summed E-state index contributed by atoms with van der Waals surface area (Å²) in [5.74, 6) is 0. The van der Waals surface area contributed by atoms with Gasteiger partial charge in [0.15, 0.2) is 0 Å². The maximum absolute atomic E-state index is 2.45. The van der Waals surface area contributed by atoms with Crippen molar-refractivity contribution in [3.8, 4) is 44.5 Å². The summed E-state index contributed by atoms with van der Waals surface area (Å²) in [6.07, 6.45) is 0. The van der Waals surface area contributed by atoms with Gasteiger partial charge in [-0.3, -0.25) is 0 Å².